The number of hydrogen-bond acceptors (Lipinski definition) is 4. The minimum Gasteiger partial charge on any atom is -0.456 e. The molecule has 3 heterocycles. The number of hydrogen-bond donors (Lipinski definition) is 0. The Hall–Kier alpha value is -2.37. The zero-order chi connectivity index (χ0) is 20.3. The molecule has 2 aliphatic rings. The van der Waals surface area contributed by atoms with Gasteiger partial charge >= 0.3 is 0 Å². The lowest BCUT2D eigenvalue weighted by molar-refractivity contribution is -0.135. The van der Waals surface area contributed by atoms with E-state index in [2.05, 4.69) is 35.2 Å². The Morgan fingerprint density at radius 1 is 1.00 bits per heavy atom. The molecule has 1 amide bonds. The minimum absolute atomic E-state index is 0.294. The van der Waals surface area contributed by atoms with Gasteiger partial charge in [-0.05, 0) is 37.8 Å². The maximum Gasteiger partial charge on any atom is 0.222 e. The van der Waals surface area contributed by atoms with Gasteiger partial charge in [0.1, 0.15) is 11.2 Å². The van der Waals surface area contributed by atoms with Gasteiger partial charge in [0.15, 0.2) is 0 Å². The molecule has 5 rings (SSSR count). The third-order valence-corrected chi connectivity index (χ3v) is 6.61. The molecule has 0 N–H and O–H groups in total. The van der Waals surface area contributed by atoms with Crippen LogP contribution in [0.4, 0.5) is 0 Å². The number of carbonyl (C=O) groups is 1. The summed E-state index contributed by atoms with van der Waals surface area (Å²) in [6.45, 7) is 5.93. The first-order valence-electron chi connectivity index (χ1n) is 11.2. The average molecular weight is 407 g/mol. The Labute approximate surface area is 177 Å². The first-order valence-corrected chi connectivity index (χ1v) is 11.2. The molecule has 5 nitrogen and oxygen atoms in total. The van der Waals surface area contributed by atoms with Crippen LogP contribution in [0.2, 0.25) is 0 Å². The fourth-order valence-electron chi connectivity index (χ4n) is 5.00. The number of benzene rings is 2. The second-order valence-corrected chi connectivity index (χ2v) is 8.67. The summed E-state index contributed by atoms with van der Waals surface area (Å²) in [5.41, 5.74) is 3.23. The SMILES string of the molecule is O=C(CCC1CCCN(Cc2cccc3c2oc2ccccc23)C1)N1CCOCC1. The second-order valence-electron chi connectivity index (χ2n) is 8.67. The lowest BCUT2D eigenvalue weighted by Crippen LogP contribution is -2.41. The van der Waals surface area contributed by atoms with Crippen LogP contribution in [0.3, 0.4) is 0 Å². The highest BCUT2D eigenvalue weighted by molar-refractivity contribution is 6.05. The van der Waals surface area contributed by atoms with E-state index in [4.69, 9.17) is 9.15 Å². The molecule has 1 unspecified atom stereocenters. The number of piperidine rings is 1. The first kappa shape index (κ1) is 19.6. The lowest BCUT2D eigenvalue weighted by atomic mass is 9.92. The predicted octanol–water partition coefficient (Wildman–Crippen LogP) is 4.44. The molecule has 0 radical (unpaired) electrons. The van der Waals surface area contributed by atoms with Crippen molar-refractivity contribution < 1.29 is 13.9 Å². The molecule has 0 spiro atoms. The number of para-hydroxylation sites is 2. The second kappa shape index (κ2) is 8.78. The summed E-state index contributed by atoms with van der Waals surface area (Å²) < 4.78 is 11.6. The van der Waals surface area contributed by atoms with Crippen LogP contribution in [-0.4, -0.2) is 55.1 Å². The smallest absolute Gasteiger partial charge is 0.222 e. The summed E-state index contributed by atoms with van der Waals surface area (Å²) in [4.78, 5) is 17.0. The van der Waals surface area contributed by atoms with Gasteiger partial charge in [-0.25, -0.2) is 0 Å². The van der Waals surface area contributed by atoms with Crippen molar-refractivity contribution in [3.63, 3.8) is 0 Å². The summed E-state index contributed by atoms with van der Waals surface area (Å²) in [7, 11) is 0. The highest BCUT2D eigenvalue weighted by atomic mass is 16.5. The Kier molecular flexibility index (Phi) is 5.73. The fourth-order valence-corrected chi connectivity index (χ4v) is 5.00. The largest absolute Gasteiger partial charge is 0.456 e. The van der Waals surface area contributed by atoms with E-state index in [9.17, 15) is 4.79 Å². The van der Waals surface area contributed by atoms with Crippen LogP contribution in [0.5, 0.6) is 0 Å². The zero-order valence-corrected chi connectivity index (χ0v) is 17.5. The molecule has 1 atom stereocenters. The molecular weight excluding hydrogens is 376 g/mol. The maximum absolute atomic E-state index is 12.5. The molecule has 158 valence electrons. The summed E-state index contributed by atoms with van der Waals surface area (Å²) in [5.74, 6) is 0.890. The Morgan fingerprint density at radius 3 is 2.73 bits per heavy atom. The predicted molar refractivity (Wildman–Crippen MR) is 118 cm³/mol. The standard InChI is InChI=1S/C25H30N2O3/c28-24(27-13-15-29-16-14-27)11-10-19-5-4-12-26(17-19)18-20-6-3-8-22-21-7-1-2-9-23(21)30-25(20)22/h1-3,6-9,19H,4-5,10-18H2. The molecule has 2 saturated heterocycles. The van der Waals surface area contributed by atoms with Crippen LogP contribution in [-0.2, 0) is 16.1 Å². The minimum atomic E-state index is 0.294. The van der Waals surface area contributed by atoms with Crippen LogP contribution < -0.4 is 0 Å². The topological polar surface area (TPSA) is 45.9 Å². The summed E-state index contributed by atoms with van der Waals surface area (Å²) in [5, 5.41) is 2.39. The summed E-state index contributed by atoms with van der Waals surface area (Å²) >= 11 is 0. The number of carbonyl (C=O) groups excluding carboxylic acids is 1. The van der Waals surface area contributed by atoms with Gasteiger partial charge in [0.05, 0.1) is 13.2 Å². The molecule has 0 saturated carbocycles. The normalized spacial score (nSPS) is 20.8. The molecule has 5 heteroatoms. The van der Waals surface area contributed by atoms with Gasteiger partial charge in [0, 0.05) is 48.9 Å². The van der Waals surface area contributed by atoms with Crippen LogP contribution in [0.25, 0.3) is 21.9 Å². The molecule has 0 aliphatic carbocycles. The molecule has 2 aliphatic heterocycles. The number of nitrogens with zero attached hydrogens (tertiary/aromatic N) is 2. The van der Waals surface area contributed by atoms with E-state index in [1.165, 1.54) is 29.2 Å². The van der Waals surface area contributed by atoms with Crippen LogP contribution in [0.1, 0.15) is 31.2 Å². The number of likely N-dealkylation sites (tertiary alicyclic amines) is 1. The van der Waals surface area contributed by atoms with Crippen LogP contribution >= 0.6 is 0 Å². The number of fused-ring (bicyclic) bond motifs is 3. The number of ether oxygens (including phenoxy) is 1. The average Bonchev–Trinajstić information content (AvgIpc) is 3.18. The Balaban J connectivity index is 1.23. The molecule has 1 aromatic heterocycles. The maximum atomic E-state index is 12.5. The van der Waals surface area contributed by atoms with Gasteiger partial charge in [-0.3, -0.25) is 9.69 Å². The van der Waals surface area contributed by atoms with Crippen molar-refractivity contribution in [3.8, 4) is 0 Å². The van der Waals surface area contributed by atoms with E-state index in [1.54, 1.807) is 0 Å². The highest BCUT2D eigenvalue weighted by Gasteiger charge is 2.23. The molecule has 30 heavy (non-hydrogen) atoms. The van der Waals surface area contributed by atoms with Gasteiger partial charge in [-0.1, -0.05) is 36.4 Å². The van der Waals surface area contributed by atoms with Crippen LogP contribution in [0.15, 0.2) is 46.9 Å². The summed E-state index contributed by atoms with van der Waals surface area (Å²) in [6.07, 6.45) is 4.08. The van der Waals surface area contributed by atoms with Gasteiger partial charge in [0.2, 0.25) is 5.91 Å². The third kappa shape index (κ3) is 4.09. The fraction of sp³-hybridized carbons (Fsp3) is 0.480. The lowest BCUT2D eigenvalue weighted by Gasteiger charge is -2.33. The van der Waals surface area contributed by atoms with Gasteiger partial charge in [-0.15, -0.1) is 0 Å². The zero-order valence-electron chi connectivity index (χ0n) is 17.5. The van der Waals surface area contributed by atoms with Crippen molar-refractivity contribution >= 4 is 27.8 Å². The Bertz CT molecular complexity index is 1020. The highest BCUT2D eigenvalue weighted by Crippen LogP contribution is 2.32. The van der Waals surface area contributed by atoms with E-state index in [0.29, 0.717) is 31.5 Å². The van der Waals surface area contributed by atoms with Crippen molar-refractivity contribution in [1.82, 2.24) is 9.80 Å². The van der Waals surface area contributed by atoms with Gasteiger partial charge < -0.3 is 14.1 Å². The molecule has 2 aromatic carbocycles. The number of amides is 1. The monoisotopic (exact) mass is 406 g/mol. The number of rotatable bonds is 5. The van der Waals surface area contributed by atoms with Crippen LogP contribution in [0, 0.1) is 5.92 Å². The van der Waals surface area contributed by atoms with Gasteiger partial charge in [-0.2, -0.15) is 0 Å². The van der Waals surface area contributed by atoms with Crippen molar-refractivity contribution in [2.24, 2.45) is 5.92 Å². The van der Waals surface area contributed by atoms with Crippen molar-refractivity contribution in [3.05, 3.63) is 48.0 Å². The molecule has 0 bridgehead atoms. The molecule has 2 fully saturated rings. The molecular formula is C25H30N2O3. The number of morpholine rings is 1. The van der Waals surface area contributed by atoms with Crippen molar-refractivity contribution in [2.45, 2.75) is 32.2 Å². The quantitative estimate of drug-likeness (QED) is 0.629. The van der Waals surface area contributed by atoms with E-state index in [0.717, 1.165) is 50.3 Å². The number of furan rings is 1. The van der Waals surface area contributed by atoms with E-state index < -0.39 is 0 Å². The Morgan fingerprint density at radius 2 is 1.83 bits per heavy atom. The summed E-state index contributed by atoms with van der Waals surface area (Å²) in [6, 6.07) is 14.8. The van der Waals surface area contributed by atoms with E-state index >= 15 is 0 Å². The third-order valence-electron chi connectivity index (χ3n) is 6.61. The van der Waals surface area contributed by atoms with Crippen molar-refractivity contribution in [2.75, 3.05) is 39.4 Å². The van der Waals surface area contributed by atoms with E-state index in [-0.39, 0.29) is 0 Å². The van der Waals surface area contributed by atoms with E-state index in [1.807, 2.05) is 17.0 Å². The first-order chi connectivity index (χ1) is 14.8. The van der Waals surface area contributed by atoms with Gasteiger partial charge in [0.25, 0.3) is 0 Å². The van der Waals surface area contributed by atoms with Crippen molar-refractivity contribution in [1.29, 1.82) is 0 Å². The molecule has 3 aromatic rings.